The molecule has 0 spiro atoms. The van der Waals surface area contributed by atoms with Gasteiger partial charge in [-0.2, -0.15) is 0 Å². The quantitative estimate of drug-likeness (QED) is 0.0739. The van der Waals surface area contributed by atoms with Crippen molar-refractivity contribution in [1.82, 2.24) is 44.4 Å². The predicted molar refractivity (Wildman–Crippen MR) is 231 cm³/mol. The lowest BCUT2D eigenvalue weighted by Crippen LogP contribution is -2.37. The molecule has 6 N–H and O–H groups in total. The summed E-state index contributed by atoms with van der Waals surface area (Å²) in [6, 6.07) is 6.54. The maximum atomic E-state index is 16.8. The van der Waals surface area contributed by atoms with Gasteiger partial charge in [-0.15, -0.1) is 0 Å². The number of carbonyl (C=O) groups excluding carboxylic acids is 2. The predicted octanol–water partition coefficient (Wildman–Crippen LogP) is 3.93. The molecule has 0 aliphatic carbocycles. The highest BCUT2D eigenvalue weighted by Crippen LogP contribution is 2.65. The first kappa shape index (κ1) is 45.9. The molecule has 0 radical (unpaired) electrons. The SMILES string of the molecule is B[P@@]1(=O)OC[C@H]2O[C@@H](n3cnc4c(N)ncnc43)[C@H](F)[C@@H]2O[P@](=O)(SCc2ccc(NC(=O)CNC(=O)CCCCCC)cc2)OC[C@H]2O[C@@H](n3cnc4c(N)ncnc43)[C@H](F)[C@@H]2O1. The van der Waals surface area contributed by atoms with Crippen molar-refractivity contribution in [3.63, 3.8) is 0 Å². The average molecular weight is 949 g/mol. The van der Waals surface area contributed by atoms with E-state index in [4.69, 9.17) is 39.0 Å². The molecule has 0 bridgehead atoms. The standard InChI is InChI=1S/C36H45BF2N12O10P2S/c1-2-3-4-5-6-23(52)42-11-24(53)49-20-9-7-19(8-10-20)14-64-63(55)57-13-22-29(25(38)35(59-22)50-17-47-27-31(40)43-15-45-33(27)50)60-62(37,54)56-12-21-30(61-63)26(39)36(58-21)51-18-48-28-32(41)44-16-46-34(28)51/h7-10,15-18,21-22,25-26,29-30,35-36H,2-6,11-14,37H2,1H3,(H,42,52)(H,49,53)(H2,40,43,45)(H2,41,44,46)/t21-,22-,25-,26-,29-,30-,35-,36-,62-,63-/m1/s1. The minimum Gasteiger partial charge on any atom is -0.382 e. The Bertz CT molecular complexity index is 2590. The van der Waals surface area contributed by atoms with Crippen molar-refractivity contribution in [3.05, 3.63) is 55.1 Å². The van der Waals surface area contributed by atoms with E-state index in [1.165, 1.54) is 34.4 Å². The van der Waals surface area contributed by atoms with Crippen LogP contribution in [0.5, 0.6) is 0 Å². The Morgan fingerprint density at radius 2 is 1.39 bits per heavy atom. The molecule has 7 heterocycles. The average Bonchev–Trinajstić information content (AvgIpc) is 4.04. The third-order valence-electron chi connectivity index (χ3n) is 10.6. The summed E-state index contributed by atoms with van der Waals surface area (Å²) >= 11 is 0.701. The summed E-state index contributed by atoms with van der Waals surface area (Å²) < 4.78 is 101. The fourth-order valence-electron chi connectivity index (χ4n) is 7.36. The van der Waals surface area contributed by atoms with Crippen molar-refractivity contribution in [3.8, 4) is 0 Å². The number of amides is 2. The van der Waals surface area contributed by atoms with Crippen LogP contribution in [0.2, 0.25) is 0 Å². The summed E-state index contributed by atoms with van der Waals surface area (Å²) in [6.45, 7) is -3.91. The smallest absolute Gasteiger partial charge is 0.382 e. The lowest BCUT2D eigenvalue weighted by Gasteiger charge is -2.30. The summed E-state index contributed by atoms with van der Waals surface area (Å²) in [7, 11) is -3.08. The molecule has 22 nitrogen and oxygen atoms in total. The molecule has 4 aromatic heterocycles. The normalized spacial score (nSPS) is 29.7. The number of halogens is 2. The third-order valence-corrected chi connectivity index (χ3v) is 15.5. The first-order valence-electron chi connectivity index (χ1n) is 20.3. The van der Waals surface area contributed by atoms with E-state index in [0.29, 0.717) is 29.1 Å². The number of hydrogen-bond donors (Lipinski definition) is 4. The number of fused-ring (bicyclic) bond motifs is 4. The number of unbranched alkanes of at least 4 members (excludes halogenated alkanes) is 3. The number of nitrogens with two attached hydrogens (primary N) is 2. The fourth-order valence-corrected chi connectivity index (χ4v) is 11.9. The zero-order valence-electron chi connectivity index (χ0n) is 34.5. The lowest BCUT2D eigenvalue weighted by molar-refractivity contribution is -0.124. The largest absolute Gasteiger partial charge is 0.389 e. The van der Waals surface area contributed by atoms with Crippen LogP contribution in [0.25, 0.3) is 22.3 Å². The van der Waals surface area contributed by atoms with Crippen LogP contribution in [-0.4, -0.2) is 115 Å². The number of ether oxygens (including phenoxy) is 2. The van der Waals surface area contributed by atoms with Crippen LogP contribution in [0, 0.1) is 0 Å². The highest BCUT2D eigenvalue weighted by atomic mass is 32.7. The number of carbonyl (C=O) groups is 2. The molecule has 342 valence electrons. The number of benzene rings is 1. The molecule has 0 saturated carbocycles. The van der Waals surface area contributed by atoms with Gasteiger partial charge in [0.2, 0.25) is 11.8 Å². The van der Waals surface area contributed by atoms with E-state index in [-0.39, 0.29) is 52.2 Å². The van der Waals surface area contributed by atoms with Crippen molar-refractivity contribution < 1.29 is 55.1 Å². The van der Waals surface area contributed by atoms with E-state index < -0.39 is 82.6 Å². The number of hydrogen-bond acceptors (Lipinski definition) is 19. The molecule has 8 rings (SSSR count). The number of anilines is 3. The summed E-state index contributed by atoms with van der Waals surface area (Å²) in [5, 5.41) is 5.34. The maximum absolute atomic E-state index is 16.8. The van der Waals surface area contributed by atoms with Gasteiger partial charge in [0.25, 0.3) is 15.0 Å². The Morgan fingerprint density at radius 3 is 1.98 bits per heavy atom. The second-order valence-electron chi connectivity index (χ2n) is 15.2. The van der Waals surface area contributed by atoms with Gasteiger partial charge in [0.1, 0.15) is 48.1 Å². The highest BCUT2D eigenvalue weighted by Gasteiger charge is 2.54. The molecule has 3 saturated heterocycles. The number of imidazole rings is 2. The van der Waals surface area contributed by atoms with Gasteiger partial charge >= 0.3 is 6.80 Å². The first-order valence-corrected chi connectivity index (χ1v) is 25.4. The zero-order chi connectivity index (χ0) is 45.2. The molecule has 0 unspecified atom stereocenters. The van der Waals surface area contributed by atoms with Crippen molar-refractivity contribution in [1.29, 1.82) is 0 Å². The van der Waals surface area contributed by atoms with Crippen LogP contribution in [0.4, 0.5) is 26.1 Å². The van der Waals surface area contributed by atoms with E-state index >= 15 is 8.78 Å². The minimum absolute atomic E-state index is 0.0246. The van der Waals surface area contributed by atoms with Crippen molar-refractivity contribution in [2.24, 2.45) is 0 Å². The van der Waals surface area contributed by atoms with E-state index in [1.54, 1.807) is 24.3 Å². The number of aromatic nitrogens is 8. The molecular formula is C36H45BF2N12O10P2S. The van der Waals surface area contributed by atoms with Gasteiger partial charge in [0.05, 0.1) is 32.4 Å². The molecule has 2 amide bonds. The Balaban J connectivity index is 1.02. The topological polar surface area (TPSA) is 287 Å². The van der Waals surface area contributed by atoms with Crippen LogP contribution >= 0.6 is 25.7 Å². The number of rotatable bonds is 13. The van der Waals surface area contributed by atoms with E-state index in [1.807, 2.05) is 0 Å². The number of nitrogen functional groups attached to an aromatic ring is 2. The van der Waals surface area contributed by atoms with Crippen LogP contribution in [0.1, 0.15) is 57.0 Å². The third kappa shape index (κ3) is 10.1. The van der Waals surface area contributed by atoms with Gasteiger partial charge in [-0.05, 0) is 35.5 Å². The zero-order valence-corrected chi connectivity index (χ0v) is 37.1. The van der Waals surface area contributed by atoms with Crippen LogP contribution in [-0.2, 0) is 52.0 Å². The molecule has 10 atom stereocenters. The summed E-state index contributed by atoms with van der Waals surface area (Å²) in [4.78, 5) is 49.2. The fraction of sp³-hybridized carbons (Fsp3) is 0.500. The Labute approximate surface area is 368 Å². The molecule has 1 aromatic carbocycles. The monoisotopic (exact) mass is 948 g/mol. The minimum atomic E-state index is -4.51. The van der Waals surface area contributed by atoms with Crippen LogP contribution in [0.15, 0.2) is 49.6 Å². The highest BCUT2D eigenvalue weighted by molar-refractivity contribution is 8.54. The van der Waals surface area contributed by atoms with Gasteiger partial charge in [-0.3, -0.25) is 32.3 Å². The van der Waals surface area contributed by atoms with Crippen molar-refractivity contribution >= 4 is 84.7 Å². The number of nitrogens with one attached hydrogen (secondary N) is 2. The second kappa shape index (κ2) is 19.4. The van der Waals surface area contributed by atoms with Crippen molar-refractivity contribution in [2.75, 3.05) is 36.5 Å². The van der Waals surface area contributed by atoms with Gasteiger partial charge in [-0.25, -0.2) is 43.2 Å². The molecule has 28 heteroatoms. The van der Waals surface area contributed by atoms with Crippen molar-refractivity contribution in [2.45, 2.75) is 94.0 Å². The van der Waals surface area contributed by atoms with Gasteiger partial charge in [0, 0.05) is 17.9 Å². The van der Waals surface area contributed by atoms with Crippen LogP contribution in [0.3, 0.4) is 0 Å². The summed E-state index contributed by atoms with van der Waals surface area (Å²) in [6.07, 6.45) is -4.18. The van der Waals surface area contributed by atoms with Crippen LogP contribution < -0.4 is 22.1 Å². The van der Waals surface area contributed by atoms with E-state index in [9.17, 15) is 18.7 Å². The van der Waals surface area contributed by atoms with E-state index in [2.05, 4.69) is 47.5 Å². The maximum Gasteiger partial charge on any atom is 0.389 e. The van der Waals surface area contributed by atoms with Gasteiger partial charge in [0.15, 0.2) is 47.7 Å². The van der Waals surface area contributed by atoms with Gasteiger partial charge in [-0.1, -0.05) is 38.3 Å². The van der Waals surface area contributed by atoms with E-state index in [0.717, 1.165) is 33.2 Å². The summed E-state index contributed by atoms with van der Waals surface area (Å²) in [5.74, 6) is -0.580. The van der Waals surface area contributed by atoms with Gasteiger partial charge < -0.3 is 40.6 Å². The Kier molecular flexibility index (Phi) is 13.9. The second-order valence-corrected chi connectivity index (χ2v) is 21.3. The Morgan fingerprint density at radius 1 is 0.812 bits per heavy atom. The molecule has 64 heavy (non-hydrogen) atoms. The molecular weight excluding hydrogens is 903 g/mol. The number of alkyl halides is 2. The lowest BCUT2D eigenvalue weighted by atomic mass is 10.1. The Hall–Kier alpha value is -4.65. The molecule has 3 aliphatic heterocycles. The number of nitrogens with zero attached hydrogens (tertiary/aromatic N) is 8. The first-order chi connectivity index (χ1) is 30.7. The molecule has 3 aliphatic rings. The molecule has 3 fully saturated rings. The summed E-state index contributed by atoms with van der Waals surface area (Å²) in [5.41, 5.74) is 13.6. The molecule has 5 aromatic rings.